The summed E-state index contributed by atoms with van der Waals surface area (Å²) in [6.45, 7) is 6.08. The summed E-state index contributed by atoms with van der Waals surface area (Å²) in [7, 11) is 1.66. The van der Waals surface area contributed by atoms with Crippen LogP contribution in [-0.2, 0) is 17.8 Å². The average Bonchev–Trinajstić information content (AvgIpc) is 3.09. The first kappa shape index (κ1) is 20.0. The van der Waals surface area contributed by atoms with Gasteiger partial charge in [0.25, 0.3) is 5.91 Å². The number of nitrogens with zero attached hydrogens (tertiary/aromatic N) is 3. The van der Waals surface area contributed by atoms with E-state index in [1.54, 1.807) is 18.4 Å². The van der Waals surface area contributed by atoms with Crippen LogP contribution in [0.15, 0.2) is 18.2 Å². The van der Waals surface area contributed by atoms with E-state index >= 15 is 0 Å². The lowest BCUT2D eigenvalue weighted by molar-refractivity contribution is -0.135. The van der Waals surface area contributed by atoms with Crippen molar-refractivity contribution >= 4 is 33.2 Å². The molecule has 0 unspecified atom stereocenters. The molecule has 0 atom stereocenters. The Balaban J connectivity index is 1.21. The van der Waals surface area contributed by atoms with Crippen LogP contribution < -0.4 is 5.32 Å². The number of hydrogen-bond acceptors (Lipinski definition) is 5. The molecule has 1 saturated heterocycles. The van der Waals surface area contributed by atoms with Gasteiger partial charge >= 0.3 is 0 Å². The minimum absolute atomic E-state index is 0.0482. The molecule has 1 N–H and O–H groups in total. The molecule has 3 heterocycles. The molecule has 1 aliphatic carbocycles. The second-order valence-corrected chi connectivity index (χ2v) is 9.89. The second-order valence-electron chi connectivity index (χ2n) is 8.76. The number of thiophene rings is 1. The summed E-state index contributed by atoms with van der Waals surface area (Å²) >= 11 is 1.77. The van der Waals surface area contributed by atoms with Gasteiger partial charge in [-0.3, -0.25) is 19.4 Å². The molecule has 1 saturated carbocycles. The molecule has 2 aromatic rings. The zero-order chi connectivity index (χ0) is 20.7. The van der Waals surface area contributed by atoms with Crippen LogP contribution in [0, 0.1) is 0 Å². The molecule has 0 bridgehead atoms. The minimum atomic E-state index is -0.0482. The Morgan fingerprint density at radius 3 is 2.63 bits per heavy atom. The van der Waals surface area contributed by atoms with E-state index in [0.717, 1.165) is 51.7 Å². The number of hydrogen-bond donors (Lipinski definition) is 1. The molecule has 3 aliphatic rings. The third-order valence-electron chi connectivity index (χ3n) is 7.03. The zero-order valence-corrected chi connectivity index (χ0v) is 18.5. The van der Waals surface area contributed by atoms with Gasteiger partial charge in [-0.15, -0.1) is 11.3 Å². The van der Waals surface area contributed by atoms with E-state index < -0.39 is 0 Å². The number of rotatable bonds is 4. The Labute approximate surface area is 181 Å². The summed E-state index contributed by atoms with van der Waals surface area (Å²) in [5.74, 6) is 0.225. The van der Waals surface area contributed by atoms with Gasteiger partial charge in [0.1, 0.15) is 0 Å². The Kier molecular flexibility index (Phi) is 5.52. The molecule has 2 fully saturated rings. The molecule has 0 spiro atoms. The van der Waals surface area contributed by atoms with E-state index in [0.29, 0.717) is 12.1 Å². The summed E-state index contributed by atoms with van der Waals surface area (Å²) in [4.78, 5) is 33.1. The van der Waals surface area contributed by atoms with Gasteiger partial charge in [-0.2, -0.15) is 0 Å². The molecular formula is C23H30N4O2S. The van der Waals surface area contributed by atoms with Gasteiger partial charge in [-0.25, -0.2) is 0 Å². The first-order valence-electron chi connectivity index (χ1n) is 11.1. The zero-order valence-electron chi connectivity index (χ0n) is 17.7. The first-order valence-corrected chi connectivity index (χ1v) is 11.9. The molecule has 30 heavy (non-hydrogen) atoms. The number of carbonyl (C=O) groups excluding carboxylic acids is 2. The van der Waals surface area contributed by atoms with E-state index in [2.05, 4.69) is 26.1 Å². The highest BCUT2D eigenvalue weighted by Gasteiger charge is 2.30. The molecule has 0 radical (unpaired) electrons. The van der Waals surface area contributed by atoms with E-state index in [4.69, 9.17) is 0 Å². The van der Waals surface area contributed by atoms with Crippen LogP contribution in [-0.4, -0.2) is 78.9 Å². The quantitative estimate of drug-likeness (QED) is 0.815. The van der Waals surface area contributed by atoms with E-state index in [9.17, 15) is 9.59 Å². The maximum atomic E-state index is 12.9. The van der Waals surface area contributed by atoms with Crippen molar-refractivity contribution in [3.63, 3.8) is 0 Å². The fraction of sp³-hybridized carbons (Fsp3) is 0.565. The number of nitrogens with one attached hydrogen (secondary N) is 1. The van der Waals surface area contributed by atoms with Crippen LogP contribution in [0.5, 0.6) is 0 Å². The van der Waals surface area contributed by atoms with Crippen molar-refractivity contribution in [2.75, 3.05) is 46.3 Å². The average molecular weight is 427 g/mol. The summed E-state index contributed by atoms with van der Waals surface area (Å²) in [5, 5.41) is 3.96. The molecule has 160 valence electrons. The highest BCUT2D eigenvalue weighted by Crippen LogP contribution is 2.35. The summed E-state index contributed by atoms with van der Waals surface area (Å²) < 4.78 is 1.17. The van der Waals surface area contributed by atoms with Crippen molar-refractivity contribution in [1.29, 1.82) is 0 Å². The lowest BCUT2D eigenvalue weighted by atomic mass is 9.91. The lowest BCUT2D eigenvalue weighted by Crippen LogP contribution is -2.55. The van der Waals surface area contributed by atoms with Gasteiger partial charge in [-0.05, 0) is 42.3 Å². The van der Waals surface area contributed by atoms with Crippen molar-refractivity contribution in [2.24, 2.45) is 0 Å². The summed E-state index contributed by atoms with van der Waals surface area (Å²) in [5.41, 5.74) is 2.10. The van der Waals surface area contributed by atoms with Crippen molar-refractivity contribution in [3.05, 3.63) is 34.2 Å². The highest BCUT2D eigenvalue weighted by atomic mass is 32.1. The number of carbonyl (C=O) groups is 2. The van der Waals surface area contributed by atoms with Crippen molar-refractivity contribution in [2.45, 2.75) is 38.3 Å². The number of amides is 2. The van der Waals surface area contributed by atoms with Gasteiger partial charge in [-0.1, -0.05) is 12.5 Å². The molecule has 1 aromatic heterocycles. The van der Waals surface area contributed by atoms with Crippen molar-refractivity contribution in [1.82, 2.24) is 20.0 Å². The molecule has 6 nitrogen and oxygen atoms in total. The Bertz CT molecular complexity index is 960. The van der Waals surface area contributed by atoms with Crippen LogP contribution in [0.2, 0.25) is 0 Å². The van der Waals surface area contributed by atoms with Crippen molar-refractivity contribution in [3.8, 4) is 0 Å². The highest BCUT2D eigenvalue weighted by molar-refractivity contribution is 7.19. The first-order chi connectivity index (χ1) is 14.6. The number of fused-ring (bicyclic) bond motifs is 3. The van der Waals surface area contributed by atoms with E-state index in [1.165, 1.54) is 39.8 Å². The lowest BCUT2D eigenvalue weighted by Gasteiger charge is -2.43. The normalized spacial score (nSPS) is 20.8. The summed E-state index contributed by atoms with van der Waals surface area (Å²) in [6, 6.07) is 6.76. The molecule has 2 aliphatic heterocycles. The maximum absolute atomic E-state index is 12.9. The van der Waals surface area contributed by atoms with Gasteiger partial charge < -0.3 is 10.2 Å². The number of benzene rings is 1. The largest absolute Gasteiger partial charge is 0.355 e. The van der Waals surface area contributed by atoms with Crippen LogP contribution in [0.3, 0.4) is 0 Å². The molecule has 5 rings (SSSR count). The van der Waals surface area contributed by atoms with Gasteiger partial charge in [0.05, 0.1) is 6.54 Å². The predicted molar refractivity (Wildman–Crippen MR) is 120 cm³/mol. The van der Waals surface area contributed by atoms with Crippen molar-refractivity contribution < 1.29 is 9.59 Å². The Morgan fingerprint density at radius 2 is 1.93 bits per heavy atom. The molecule has 2 amide bonds. The van der Waals surface area contributed by atoms with Crippen LogP contribution >= 0.6 is 11.3 Å². The van der Waals surface area contributed by atoms with E-state index in [1.807, 2.05) is 12.1 Å². The van der Waals surface area contributed by atoms with E-state index in [-0.39, 0.29) is 11.8 Å². The van der Waals surface area contributed by atoms with Gasteiger partial charge in [0, 0.05) is 67.5 Å². The topological polar surface area (TPSA) is 55.9 Å². The molecule has 1 aromatic carbocycles. The fourth-order valence-corrected chi connectivity index (χ4v) is 6.29. The third-order valence-corrected chi connectivity index (χ3v) is 8.21. The smallest absolute Gasteiger partial charge is 0.251 e. The molecular weight excluding hydrogens is 396 g/mol. The maximum Gasteiger partial charge on any atom is 0.251 e. The summed E-state index contributed by atoms with van der Waals surface area (Å²) in [6.07, 6.45) is 5.01. The van der Waals surface area contributed by atoms with Crippen LogP contribution in [0.1, 0.15) is 40.1 Å². The predicted octanol–water partition coefficient (Wildman–Crippen LogP) is 2.32. The fourth-order valence-electron chi connectivity index (χ4n) is 4.95. The monoisotopic (exact) mass is 426 g/mol. The SMILES string of the molecule is CNC(=O)c1ccc2c3c(sc2c1)CN(CC(=O)N1CCN(C2CCC2)CC1)CC3. The van der Waals surface area contributed by atoms with Crippen LogP contribution in [0.4, 0.5) is 0 Å². The third kappa shape index (κ3) is 3.74. The molecule has 7 heteroatoms. The number of piperazine rings is 1. The Morgan fingerprint density at radius 1 is 1.13 bits per heavy atom. The standard InChI is InChI=1S/C23H30N4O2S/c1-24-23(29)16-5-6-18-19-7-8-25(14-21(19)30-20(18)13-16)15-22(28)27-11-9-26(10-12-27)17-3-2-4-17/h5-6,13,17H,2-4,7-12,14-15H2,1H3,(H,24,29). The minimum Gasteiger partial charge on any atom is -0.355 e. The van der Waals surface area contributed by atoms with Crippen LogP contribution in [0.25, 0.3) is 10.1 Å². The van der Waals surface area contributed by atoms with Gasteiger partial charge in [0.2, 0.25) is 5.91 Å². The second kappa shape index (κ2) is 8.29. The Hall–Kier alpha value is -1.96. The van der Waals surface area contributed by atoms with Gasteiger partial charge in [0.15, 0.2) is 0 Å².